The van der Waals surface area contributed by atoms with Crippen molar-refractivity contribution >= 4 is 6.03 Å². The van der Waals surface area contributed by atoms with Crippen molar-refractivity contribution in [3.8, 4) is 0 Å². The molecule has 0 spiro atoms. The van der Waals surface area contributed by atoms with E-state index in [9.17, 15) is 4.79 Å². The van der Waals surface area contributed by atoms with Gasteiger partial charge in [0.1, 0.15) is 6.73 Å². The van der Waals surface area contributed by atoms with Crippen molar-refractivity contribution in [1.29, 1.82) is 0 Å². The standard InChI is InChI=1S/C9H17N.C5H12N2O2/c1-8(2)5-7-6-9(7,3)10(8)4;1-3-6-5(8)7-4-9-2/h7H,5-6H2,1-4H3;3-4H2,1-2H3,(H2,6,7,8). The Labute approximate surface area is 117 Å². The molecule has 19 heavy (non-hydrogen) atoms. The summed E-state index contributed by atoms with van der Waals surface area (Å²) in [5.41, 5.74) is 1.06. The Balaban J connectivity index is 0.000000192. The number of nitrogens with zero attached hydrogens (tertiary/aromatic N) is 1. The van der Waals surface area contributed by atoms with E-state index in [1.54, 1.807) is 0 Å². The van der Waals surface area contributed by atoms with Crippen molar-refractivity contribution in [1.82, 2.24) is 15.5 Å². The second kappa shape index (κ2) is 6.09. The zero-order valence-electron chi connectivity index (χ0n) is 13.2. The molecular formula is C14H29N3O2. The highest BCUT2D eigenvalue weighted by atomic mass is 16.5. The Morgan fingerprint density at radius 2 is 1.95 bits per heavy atom. The first kappa shape index (κ1) is 16.2. The molecule has 2 fully saturated rings. The molecule has 1 aliphatic carbocycles. The van der Waals surface area contributed by atoms with Crippen LogP contribution in [0.5, 0.6) is 0 Å². The van der Waals surface area contributed by atoms with Gasteiger partial charge in [0, 0.05) is 24.7 Å². The van der Waals surface area contributed by atoms with Crippen LogP contribution in [0.15, 0.2) is 0 Å². The highest BCUT2D eigenvalue weighted by Gasteiger charge is 2.62. The third-order valence-corrected chi connectivity index (χ3v) is 4.51. The number of piperidine rings is 1. The number of likely N-dealkylation sites (tertiary alicyclic amines) is 1. The Morgan fingerprint density at radius 3 is 2.26 bits per heavy atom. The van der Waals surface area contributed by atoms with Crippen LogP contribution in [0.4, 0.5) is 4.79 Å². The van der Waals surface area contributed by atoms with Crippen LogP contribution < -0.4 is 10.6 Å². The summed E-state index contributed by atoms with van der Waals surface area (Å²) in [7, 11) is 3.79. The minimum Gasteiger partial charge on any atom is -0.364 e. The minimum atomic E-state index is -0.195. The van der Waals surface area contributed by atoms with Crippen molar-refractivity contribution in [3.63, 3.8) is 0 Å². The molecule has 0 bridgehead atoms. The van der Waals surface area contributed by atoms with Crippen LogP contribution in [0.2, 0.25) is 0 Å². The minimum absolute atomic E-state index is 0.195. The highest BCUT2D eigenvalue weighted by molar-refractivity contribution is 5.73. The third kappa shape index (κ3) is 3.83. The molecule has 1 heterocycles. The average Bonchev–Trinajstić information content (AvgIpc) is 2.92. The van der Waals surface area contributed by atoms with Gasteiger partial charge in [0.25, 0.3) is 0 Å². The Kier molecular flexibility index (Phi) is 5.21. The van der Waals surface area contributed by atoms with E-state index < -0.39 is 0 Å². The third-order valence-electron chi connectivity index (χ3n) is 4.51. The predicted molar refractivity (Wildman–Crippen MR) is 77.1 cm³/mol. The van der Waals surface area contributed by atoms with Crippen LogP contribution in [0.3, 0.4) is 0 Å². The van der Waals surface area contributed by atoms with Gasteiger partial charge in [0.15, 0.2) is 0 Å². The molecule has 2 atom stereocenters. The van der Waals surface area contributed by atoms with E-state index in [1.165, 1.54) is 20.0 Å². The summed E-state index contributed by atoms with van der Waals surface area (Å²) in [6.45, 7) is 9.84. The van der Waals surface area contributed by atoms with Crippen LogP contribution in [0.25, 0.3) is 0 Å². The van der Waals surface area contributed by atoms with E-state index in [1.807, 2.05) is 6.92 Å². The molecule has 2 unspecified atom stereocenters. The molecule has 1 aliphatic heterocycles. The molecule has 112 valence electrons. The molecule has 1 saturated heterocycles. The highest BCUT2D eigenvalue weighted by Crippen LogP contribution is 2.60. The number of carbonyl (C=O) groups excluding carboxylic acids is 1. The zero-order chi connectivity index (χ0) is 14.7. The smallest absolute Gasteiger partial charge is 0.316 e. The molecule has 0 aromatic carbocycles. The van der Waals surface area contributed by atoms with E-state index in [-0.39, 0.29) is 12.8 Å². The maximum Gasteiger partial charge on any atom is 0.316 e. The fourth-order valence-electron chi connectivity index (χ4n) is 2.93. The van der Waals surface area contributed by atoms with Crippen LogP contribution in [-0.4, -0.2) is 49.4 Å². The first-order chi connectivity index (χ1) is 8.78. The molecule has 2 aliphatic rings. The topological polar surface area (TPSA) is 53.6 Å². The lowest BCUT2D eigenvalue weighted by Gasteiger charge is -2.34. The van der Waals surface area contributed by atoms with Gasteiger partial charge in [-0.05, 0) is 53.5 Å². The number of ether oxygens (including phenoxy) is 1. The van der Waals surface area contributed by atoms with Gasteiger partial charge >= 0.3 is 6.03 Å². The van der Waals surface area contributed by atoms with Gasteiger partial charge in [0.2, 0.25) is 0 Å². The van der Waals surface area contributed by atoms with Crippen molar-refractivity contribution in [2.75, 3.05) is 27.4 Å². The second-order valence-electron chi connectivity index (χ2n) is 6.30. The van der Waals surface area contributed by atoms with Gasteiger partial charge < -0.3 is 15.4 Å². The molecule has 5 nitrogen and oxygen atoms in total. The number of nitrogens with one attached hydrogen (secondary N) is 2. The zero-order valence-corrected chi connectivity index (χ0v) is 13.2. The lowest BCUT2D eigenvalue weighted by atomic mass is 10.00. The first-order valence-electron chi connectivity index (χ1n) is 7.02. The number of methoxy groups -OCH3 is 1. The number of urea groups is 1. The van der Waals surface area contributed by atoms with E-state index in [0.29, 0.717) is 17.6 Å². The molecule has 5 heteroatoms. The summed E-state index contributed by atoms with van der Waals surface area (Å²) < 4.78 is 4.59. The van der Waals surface area contributed by atoms with Crippen molar-refractivity contribution in [3.05, 3.63) is 0 Å². The summed E-state index contributed by atoms with van der Waals surface area (Å²) in [4.78, 5) is 13.1. The number of hydrogen-bond donors (Lipinski definition) is 2. The van der Waals surface area contributed by atoms with E-state index >= 15 is 0 Å². The van der Waals surface area contributed by atoms with Crippen LogP contribution in [0.1, 0.15) is 40.5 Å². The largest absolute Gasteiger partial charge is 0.364 e. The van der Waals surface area contributed by atoms with E-state index in [0.717, 1.165) is 5.92 Å². The molecule has 0 radical (unpaired) electrons. The van der Waals surface area contributed by atoms with Gasteiger partial charge in [-0.25, -0.2) is 4.79 Å². The SMILES string of the molecule is CCNC(=O)NCOC.CN1C(C)(C)CC2CC21C. The molecule has 2 rings (SSSR count). The maximum absolute atomic E-state index is 10.5. The molecule has 2 N–H and O–H groups in total. The molecular weight excluding hydrogens is 242 g/mol. The Hall–Kier alpha value is -0.810. The Bertz CT molecular complexity index is 315. The Morgan fingerprint density at radius 1 is 1.32 bits per heavy atom. The number of fused-ring (bicyclic) bond motifs is 1. The second-order valence-corrected chi connectivity index (χ2v) is 6.30. The van der Waals surface area contributed by atoms with Gasteiger partial charge in [-0.15, -0.1) is 0 Å². The molecule has 0 aromatic heterocycles. The summed E-state index contributed by atoms with van der Waals surface area (Å²) in [5.74, 6) is 1.01. The average molecular weight is 271 g/mol. The quantitative estimate of drug-likeness (QED) is 0.770. The number of hydrogen-bond acceptors (Lipinski definition) is 3. The summed E-state index contributed by atoms with van der Waals surface area (Å²) >= 11 is 0. The summed E-state index contributed by atoms with van der Waals surface area (Å²) in [6.07, 6.45) is 2.84. The van der Waals surface area contributed by atoms with Gasteiger partial charge in [-0.2, -0.15) is 0 Å². The first-order valence-corrected chi connectivity index (χ1v) is 7.02. The number of carbonyl (C=O) groups is 1. The number of rotatable bonds is 3. The van der Waals surface area contributed by atoms with E-state index in [4.69, 9.17) is 0 Å². The van der Waals surface area contributed by atoms with Gasteiger partial charge in [0.05, 0.1) is 0 Å². The normalized spacial score (nSPS) is 30.9. The van der Waals surface area contributed by atoms with Crippen molar-refractivity contribution < 1.29 is 9.53 Å². The molecule has 2 amide bonds. The van der Waals surface area contributed by atoms with Crippen LogP contribution in [-0.2, 0) is 4.74 Å². The summed E-state index contributed by atoms with van der Waals surface area (Å²) in [5, 5.41) is 5.01. The van der Waals surface area contributed by atoms with E-state index in [2.05, 4.69) is 48.1 Å². The monoisotopic (exact) mass is 271 g/mol. The summed E-state index contributed by atoms with van der Waals surface area (Å²) in [6, 6.07) is -0.195. The van der Waals surface area contributed by atoms with Gasteiger partial charge in [-0.1, -0.05) is 0 Å². The van der Waals surface area contributed by atoms with Crippen molar-refractivity contribution in [2.45, 2.75) is 51.6 Å². The fourth-order valence-corrected chi connectivity index (χ4v) is 2.93. The molecule has 1 saturated carbocycles. The number of amides is 2. The fraction of sp³-hybridized carbons (Fsp3) is 0.929. The lowest BCUT2D eigenvalue weighted by Crippen LogP contribution is -2.42. The maximum atomic E-state index is 10.5. The van der Waals surface area contributed by atoms with Gasteiger partial charge in [-0.3, -0.25) is 4.90 Å². The lowest BCUT2D eigenvalue weighted by molar-refractivity contribution is 0.136. The predicted octanol–water partition coefficient (Wildman–Crippen LogP) is 1.79. The van der Waals surface area contributed by atoms with Crippen LogP contribution >= 0.6 is 0 Å². The van der Waals surface area contributed by atoms with Crippen molar-refractivity contribution in [2.24, 2.45) is 5.92 Å². The van der Waals surface area contributed by atoms with Crippen LogP contribution in [0, 0.1) is 5.92 Å². The molecule has 0 aromatic rings.